The summed E-state index contributed by atoms with van der Waals surface area (Å²) < 4.78 is 0. The second kappa shape index (κ2) is 5.30. The van der Waals surface area contributed by atoms with E-state index in [0.717, 1.165) is 36.6 Å². The fourth-order valence-corrected chi connectivity index (χ4v) is 2.17. The van der Waals surface area contributed by atoms with Crippen LogP contribution in [0.3, 0.4) is 0 Å². The Hall–Kier alpha value is -1.69. The van der Waals surface area contributed by atoms with Gasteiger partial charge in [0.15, 0.2) is 0 Å². The number of carbonyl (C=O) groups is 1. The Morgan fingerprint density at radius 2 is 2.33 bits per heavy atom. The molecular formula is C12H19N5O. The van der Waals surface area contributed by atoms with Gasteiger partial charge >= 0.3 is 0 Å². The summed E-state index contributed by atoms with van der Waals surface area (Å²) in [6, 6.07) is 0.165. The van der Waals surface area contributed by atoms with Gasteiger partial charge in [0.2, 0.25) is 5.91 Å². The van der Waals surface area contributed by atoms with Crippen molar-refractivity contribution in [1.82, 2.24) is 15.3 Å². The second-order valence-electron chi connectivity index (χ2n) is 4.74. The van der Waals surface area contributed by atoms with Crippen LogP contribution < -0.4 is 16.0 Å². The van der Waals surface area contributed by atoms with Crippen LogP contribution in [0.25, 0.3) is 0 Å². The van der Waals surface area contributed by atoms with Crippen molar-refractivity contribution in [3.63, 3.8) is 0 Å². The molecule has 6 nitrogen and oxygen atoms in total. The molecule has 0 saturated heterocycles. The molecule has 1 aliphatic heterocycles. The molecule has 1 amide bonds. The molecule has 2 heterocycles. The largest absolute Gasteiger partial charge is 0.368 e. The van der Waals surface area contributed by atoms with E-state index < -0.39 is 0 Å². The van der Waals surface area contributed by atoms with Crippen LogP contribution in [-0.4, -0.2) is 35.0 Å². The van der Waals surface area contributed by atoms with Crippen molar-refractivity contribution in [3.05, 3.63) is 17.6 Å². The average molecular weight is 249 g/mol. The van der Waals surface area contributed by atoms with E-state index in [-0.39, 0.29) is 18.5 Å². The summed E-state index contributed by atoms with van der Waals surface area (Å²) in [7, 11) is 0. The van der Waals surface area contributed by atoms with Crippen LogP contribution in [-0.2, 0) is 17.8 Å². The molecule has 0 bridgehead atoms. The minimum atomic E-state index is -0.347. The molecule has 18 heavy (non-hydrogen) atoms. The number of nitrogens with one attached hydrogen (secondary N) is 1. The summed E-state index contributed by atoms with van der Waals surface area (Å²) in [5, 5.41) is 3.31. The molecule has 0 aliphatic carbocycles. The van der Waals surface area contributed by atoms with Crippen LogP contribution in [0.4, 0.5) is 5.82 Å². The van der Waals surface area contributed by atoms with Gasteiger partial charge in [0.1, 0.15) is 12.1 Å². The zero-order chi connectivity index (χ0) is 13.1. The van der Waals surface area contributed by atoms with E-state index in [2.05, 4.69) is 15.3 Å². The van der Waals surface area contributed by atoms with Crippen molar-refractivity contribution in [1.29, 1.82) is 0 Å². The summed E-state index contributed by atoms with van der Waals surface area (Å²) >= 11 is 0. The highest BCUT2D eigenvalue weighted by Crippen LogP contribution is 2.23. The van der Waals surface area contributed by atoms with Gasteiger partial charge in [0.25, 0.3) is 0 Å². The highest BCUT2D eigenvalue weighted by molar-refractivity contribution is 5.79. The molecule has 0 fully saturated rings. The first kappa shape index (κ1) is 12.8. The SMILES string of the molecule is CC(C)N(CC(N)=O)c1ncnc2c1CNCC2. The lowest BCUT2D eigenvalue weighted by Crippen LogP contribution is -2.41. The topological polar surface area (TPSA) is 84.1 Å². The molecule has 0 spiro atoms. The monoisotopic (exact) mass is 249 g/mol. The van der Waals surface area contributed by atoms with Crippen molar-refractivity contribution in [2.75, 3.05) is 18.0 Å². The third-order valence-corrected chi connectivity index (χ3v) is 3.07. The molecule has 6 heteroatoms. The Bertz CT molecular complexity index is 446. The Balaban J connectivity index is 2.38. The molecule has 1 aliphatic rings. The van der Waals surface area contributed by atoms with Gasteiger partial charge in [-0.1, -0.05) is 0 Å². The summed E-state index contributed by atoms with van der Waals surface area (Å²) in [4.78, 5) is 21.7. The fraction of sp³-hybridized carbons (Fsp3) is 0.583. The maximum absolute atomic E-state index is 11.2. The van der Waals surface area contributed by atoms with Crippen molar-refractivity contribution >= 4 is 11.7 Å². The normalized spacial score (nSPS) is 14.4. The summed E-state index contributed by atoms with van der Waals surface area (Å²) in [6.07, 6.45) is 2.46. The van der Waals surface area contributed by atoms with Crippen LogP contribution in [0, 0.1) is 0 Å². The van der Waals surface area contributed by atoms with Crippen molar-refractivity contribution in [3.8, 4) is 0 Å². The van der Waals surface area contributed by atoms with Gasteiger partial charge in [-0.25, -0.2) is 9.97 Å². The molecule has 0 radical (unpaired) electrons. The number of aromatic nitrogens is 2. The maximum Gasteiger partial charge on any atom is 0.237 e. The fourth-order valence-electron chi connectivity index (χ4n) is 2.17. The number of carbonyl (C=O) groups excluding carboxylic acids is 1. The van der Waals surface area contributed by atoms with Gasteiger partial charge in [-0.15, -0.1) is 0 Å². The Morgan fingerprint density at radius 3 is 3.00 bits per heavy atom. The first-order valence-electron chi connectivity index (χ1n) is 6.18. The van der Waals surface area contributed by atoms with E-state index in [1.807, 2.05) is 18.7 Å². The number of amides is 1. The van der Waals surface area contributed by atoms with Gasteiger partial charge in [0, 0.05) is 31.1 Å². The average Bonchev–Trinajstić information content (AvgIpc) is 2.35. The van der Waals surface area contributed by atoms with Crippen LogP contribution in [0.5, 0.6) is 0 Å². The lowest BCUT2D eigenvalue weighted by Gasteiger charge is -2.30. The smallest absolute Gasteiger partial charge is 0.237 e. The minimum absolute atomic E-state index is 0.165. The highest BCUT2D eigenvalue weighted by Gasteiger charge is 2.22. The molecule has 1 aromatic heterocycles. The number of primary amides is 1. The molecule has 0 saturated carbocycles. The number of anilines is 1. The minimum Gasteiger partial charge on any atom is -0.368 e. The van der Waals surface area contributed by atoms with E-state index in [1.165, 1.54) is 0 Å². The Labute approximate surface area is 107 Å². The van der Waals surface area contributed by atoms with Crippen LogP contribution >= 0.6 is 0 Å². The maximum atomic E-state index is 11.2. The lowest BCUT2D eigenvalue weighted by molar-refractivity contribution is -0.116. The number of hydrogen-bond acceptors (Lipinski definition) is 5. The van der Waals surface area contributed by atoms with Crippen molar-refractivity contribution < 1.29 is 4.79 Å². The number of nitrogens with zero attached hydrogens (tertiary/aromatic N) is 3. The highest BCUT2D eigenvalue weighted by atomic mass is 16.1. The van der Waals surface area contributed by atoms with Gasteiger partial charge < -0.3 is 16.0 Å². The molecule has 98 valence electrons. The van der Waals surface area contributed by atoms with E-state index in [0.29, 0.717) is 0 Å². The number of fused-ring (bicyclic) bond motifs is 1. The molecule has 1 aromatic rings. The third-order valence-electron chi connectivity index (χ3n) is 3.07. The quantitative estimate of drug-likeness (QED) is 0.773. The van der Waals surface area contributed by atoms with Gasteiger partial charge in [-0.05, 0) is 13.8 Å². The van der Waals surface area contributed by atoms with Crippen LogP contribution in [0.1, 0.15) is 25.1 Å². The second-order valence-corrected chi connectivity index (χ2v) is 4.74. The molecule has 0 atom stereocenters. The first-order chi connectivity index (χ1) is 8.59. The Morgan fingerprint density at radius 1 is 1.56 bits per heavy atom. The zero-order valence-electron chi connectivity index (χ0n) is 10.8. The summed E-state index contributed by atoms with van der Waals surface area (Å²) in [5.74, 6) is 0.473. The molecule has 0 unspecified atom stereocenters. The Kier molecular flexibility index (Phi) is 3.76. The molecular weight excluding hydrogens is 230 g/mol. The van der Waals surface area contributed by atoms with Crippen LogP contribution in [0.2, 0.25) is 0 Å². The molecule has 2 rings (SSSR count). The van der Waals surface area contributed by atoms with Gasteiger partial charge in [0.05, 0.1) is 12.2 Å². The van der Waals surface area contributed by atoms with Crippen LogP contribution in [0.15, 0.2) is 6.33 Å². The van der Waals surface area contributed by atoms with Gasteiger partial charge in [-0.2, -0.15) is 0 Å². The number of rotatable bonds is 4. The molecule has 3 N–H and O–H groups in total. The van der Waals surface area contributed by atoms with Gasteiger partial charge in [-0.3, -0.25) is 4.79 Å². The summed E-state index contributed by atoms with van der Waals surface area (Å²) in [5.41, 5.74) is 7.45. The predicted octanol–water partition coefficient (Wildman–Crippen LogP) is -0.178. The molecule has 0 aromatic carbocycles. The van der Waals surface area contributed by atoms with E-state index in [4.69, 9.17) is 5.73 Å². The third kappa shape index (κ3) is 2.59. The summed E-state index contributed by atoms with van der Waals surface area (Å²) in [6.45, 7) is 5.90. The van der Waals surface area contributed by atoms with Crippen molar-refractivity contribution in [2.24, 2.45) is 5.73 Å². The lowest BCUT2D eigenvalue weighted by atomic mass is 10.1. The zero-order valence-corrected chi connectivity index (χ0v) is 10.8. The van der Waals surface area contributed by atoms with Crippen molar-refractivity contribution in [2.45, 2.75) is 32.9 Å². The van der Waals surface area contributed by atoms with E-state index in [9.17, 15) is 4.79 Å². The van der Waals surface area contributed by atoms with E-state index >= 15 is 0 Å². The van der Waals surface area contributed by atoms with E-state index in [1.54, 1.807) is 6.33 Å². The number of hydrogen-bond donors (Lipinski definition) is 2. The first-order valence-corrected chi connectivity index (χ1v) is 6.18. The predicted molar refractivity (Wildman–Crippen MR) is 69.1 cm³/mol. The number of nitrogens with two attached hydrogens (primary N) is 1. The standard InChI is InChI=1S/C12H19N5O/c1-8(2)17(6-11(13)18)12-9-5-14-4-3-10(9)15-7-16-12/h7-8,14H,3-6H2,1-2H3,(H2,13,18).